The number of aryl methyl sites for hydroxylation is 1. The summed E-state index contributed by atoms with van der Waals surface area (Å²) in [5.41, 5.74) is 1.82. The van der Waals surface area contributed by atoms with Gasteiger partial charge >= 0.3 is 0 Å². The Bertz CT molecular complexity index is 698. The molecule has 1 aromatic carbocycles. The van der Waals surface area contributed by atoms with Crippen LogP contribution in [0.1, 0.15) is 22.1 Å². The van der Waals surface area contributed by atoms with Gasteiger partial charge in [0, 0.05) is 22.6 Å². The van der Waals surface area contributed by atoms with Gasteiger partial charge in [0.25, 0.3) is 5.91 Å². The van der Waals surface area contributed by atoms with E-state index in [1.54, 1.807) is 16.9 Å². The van der Waals surface area contributed by atoms with Gasteiger partial charge in [0.1, 0.15) is 0 Å². The van der Waals surface area contributed by atoms with Gasteiger partial charge in [0.05, 0.1) is 17.9 Å². The Morgan fingerprint density at radius 1 is 1.52 bits per heavy atom. The average Bonchev–Trinajstić information content (AvgIpc) is 2.83. The van der Waals surface area contributed by atoms with Crippen LogP contribution in [0.3, 0.4) is 0 Å². The first kappa shape index (κ1) is 14.5. The lowest BCUT2D eigenvalue weighted by Crippen LogP contribution is -2.43. The van der Waals surface area contributed by atoms with E-state index in [9.17, 15) is 4.79 Å². The maximum atomic E-state index is 12.2. The van der Waals surface area contributed by atoms with E-state index in [1.165, 1.54) is 0 Å². The van der Waals surface area contributed by atoms with Crippen molar-refractivity contribution in [2.75, 3.05) is 18.4 Å². The van der Waals surface area contributed by atoms with Crippen molar-refractivity contribution in [2.24, 2.45) is 0 Å². The van der Waals surface area contributed by atoms with Crippen molar-refractivity contribution < 1.29 is 4.79 Å². The molecule has 1 aliphatic rings. The normalized spacial score (nSPS) is 14.8. The van der Waals surface area contributed by atoms with Crippen LogP contribution < -0.4 is 10.6 Å². The van der Waals surface area contributed by atoms with Crippen LogP contribution in [-0.4, -0.2) is 34.0 Å². The molecule has 6 nitrogen and oxygen atoms in total. The van der Waals surface area contributed by atoms with Gasteiger partial charge in [-0.2, -0.15) is 0 Å². The lowest BCUT2D eigenvalue weighted by molar-refractivity contribution is 0.102. The first-order valence-corrected chi connectivity index (χ1v) is 7.61. The monoisotopic (exact) mass is 369 g/mol. The second-order valence-electron chi connectivity index (χ2n) is 4.93. The smallest absolute Gasteiger partial charge is 0.277 e. The summed E-state index contributed by atoms with van der Waals surface area (Å²) in [6, 6.07) is 3.84. The predicted molar refractivity (Wildman–Crippen MR) is 83.8 cm³/mol. The average molecular weight is 371 g/mol. The number of hydrogen-bond acceptors (Lipinski definition) is 4. The second kappa shape index (κ2) is 5.75. The van der Waals surface area contributed by atoms with Gasteiger partial charge in [-0.05, 0) is 40.5 Å². The van der Waals surface area contributed by atoms with Crippen LogP contribution in [0.25, 0.3) is 0 Å². The summed E-state index contributed by atoms with van der Waals surface area (Å²) in [6.07, 6.45) is 1.66. The molecule has 1 amide bonds. The standard InChI is InChI=1S/C13H13BrClN5O/c1-7-2-9(14)11(3-10(7)15)17-13(21)12-6-20(19-18-12)8-4-16-5-8/h2-3,6,8,16H,4-5H2,1H3,(H,17,21). The maximum absolute atomic E-state index is 12.2. The van der Waals surface area contributed by atoms with E-state index in [0.29, 0.717) is 10.7 Å². The largest absolute Gasteiger partial charge is 0.319 e. The van der Waals surface area contributed by atoms with Crippen molar-refractivity contribution in [1.82, 2.24) is 20.3 Å². The fourth-order valence-electron chi connectivity index (χ4n) is 1.95. The van der Waals surface area contributed by atoms with E-state index in [-0.39, 0.29) is 17.6 Å². The molecular formula is C13H13BrClN5O. The number of halogens is 2. The summed E-state index contributed by atoms with van der Waals surface area (Å²) < 4.78 is 2.48. The lowest BCUT2D eigenvalue weighted by Gasteiger charge is -2.26. The molecular weight excluding hydrogens is 358 g/mol. The van der Waals surface area contributed by atoms with E-state index in [4.69, 9.17) is 11.6 Å². The number of aromatic nitrogens is 3. The molecule has 0 aliphatic carbocycles. The Balaban J connectivity index is 1.76. The molecule has 1 saturated heterocycles. The van der Waals surface area contributed by atoms with Crippen molar-refractivity contribution in [3.8, 4) is 0 Å². The van der Waals surface area contributed by atoms with Crippen LogP contribution in [0.15, 0.2) is 22.8 Å². The Hall–Kier alpha value is -1.44. The molecule has 3 rings (SSSR count). The molecule has 0 bridgehead atoms. The van der Waals surface area contributed by atoms with Crippen LogP contribution in [0.2, 0.25) is 5.02 Å². The molecule has 2 heterocycles. The minimum atomic E-state index is -0.311. The molecule has 0 saturated carbocycles. The van der Waals surface area contributed by atoms with Crippen LogP contribution >= 0.6 is 27.5 Å². The summed E-state index contributed by atoms with van der Waals surface area (Å²) in [5.74, 6) is -0.311. The van der Waals surface area contributed by atoms with Crippen molar-refractivity contribution in [1.29, 1.82) is 0 Å². The minimum Gasteiger partial charge on any atom is -0.319 e. The van der Waals surface area contributed by atoms with Gasteiger partial charge < -0.3 is 10.6 Å². The van der Waals surface area contributed by atoms with Crippen LogP contribution in [0.5, 0.6) is 0 Å². The molecule has 2 N–H and O–H groups in total. The third kappa shape index (κ3) is 2.95. The molecule has 0 radical (unpaired) electrons. The highest BCUT2D eigenvalue weighted by atomic mass is 79.9. The first-order chi connectivity index (χ1) is 10.0. The number of carbonyl (C=O) groups excluding carboxylic acids is 1. The lowest BCUT2D eigenvalue weighted by atomic mass is 10.2. The topological polar surface area (TPSA) is 71.8 Å². The van der Waals surface area contributed by atoms with Crippen molar-refractivity contribution >= 4 is 39.1 Å². The molecule has 0 atom stereocenters. The fourth-order valence-corrected chi connectivity index (χ4v) is 2.67. The van der Waals surface area contributed by atoms with E-state index < -0.39 is 0 Å². The summed E-state index contributed by atoms with van der Waals surface area (Å²) in [6.45, 7) is 3.60. The fraction of sp³-hybridized carbons (Fsp3) is 0.308. The number of nitrogens with one attached hydrogen (secondary N) is 2. The van der Waals surface area contributed by atoms with E-state index >= 15 is 0 Å². The highest BCUT2D eigenvalue weighted by Crippen LogP contribution is 2.29. The molecule has 2 aromatic rings. The third-order valence-corrected chi connectivity index (χ3v) is 4.44. The van der Waals surface area contributed by atoms with E-state index in [0.717, 1.165) is 23.1 Å². The Morgan fingerprint density at radius 2 is 2.29 bits per heavy atom. The number of benzene rings is 1. The Morgan fingerprint density at radius 3 is 2.95 bits per heavy atom. The zero-order chi connectivity index (χ0) is 15.0. The molecule has 1 aromatic heterocycles. The summed E-state index contributed by atoms with van der Waals surface area (Å²) in [4.78, 5) is 12.2. The number of hydrogen-bond donors (Lipinski definition) is 2. The highest BCUT2D eigenvalue weighted by molar-refractivity contribution is 9.10. The van der Waals surface area contributed by atoms with Gasteiger partial charge in [0.15, 0.2) is 5.69 Å². The van der Waals surface area contributed by atoms with Crippen LogP contribution in [0.4, 0.5) is 5.69 Å². The molecule has 0 unspecified atom stereocenters. The second-order valence-corrected chi connectivity index (χ2v) is 6.19. The summed E-state index contributed by atoms with van der Waals surface area (Å²) in [5, 5.41) is 14.4. The number of anilines is 1. The molecule has 110 valence electrons. The van der Waals surface area contributed by atoms with Crippen molar-refractivity contribution in [3.05, 3.63) is 39.1 Å². The third-order valence-electron chi connectivity index (χ3n) is 3.37. The SMILES string of the molecule is Cc1cc(Br)c(NC(=O)c2cn(C3CNC3)nn2)cc1Cl. The zero-order valence-corrected chi connectivity index (χ0v) is 13.6. The van der Waals surface area contributed by atoms with Gasteiger partial charge in [-0.3, -0.25) is 4.79 Å². The summed E-state index contributed by atoms with van der Waals surface area (Å²) >= 11 is 9.48. The molecule has 8 heteroatoms. The van der Waals surface area contributed by atoms with E-state index in [2.05, 4.69) is 36.9 Å². The minimum absolute atomic E-state index is 0.277. The van der Waals surface area contributed by atoms with Gasteiger partial charge in [-0.25, -0.2) is 4.68 Å². The molecule has 1 fully saturated rings. The Kier molecular flexibility index (Phi) is 3.97. The van der Waals surface area contributed by atoms with Gasteiger partial charge in [-0.1, -0.05) is 16.8 Å². The molecule has 0 spiro atoms. The van der Waals surface area contributed by atoms with Crippen molar-refractivity contribution in [3.63, 3.8) is 0 Å². The number of amides is 1. The highest BCUT2D eigenvalue weighted by Gasteiger charge is 2.22. The number of rotatable bonds is 3. The van der Waals surface area contributed by atoms with Crippen LogP contribution in [-0.2, 0) is 0 Å². The first-order valence-electron chi connectivity index (χ1n) is 6.44. The number of carbonyl (C=O) groups is 1. The maximum Gasteiger partial charge on any atom is 0.277 e. The summed E-state index contributed by atoms with van der Waals surface area (Å²) in [7, 11) is 0. The van der Waals surface area contributed by atoms with Gasteiger partial charge in [-0.15, -0.1) is 5.10 Å². The number of nitrogens with zero attached hydrogens (tertiary/aromatic N) is 3. The van der Waals surface area contributed by atoms with Crippen molar-refractivity contribution in [2.45, 2.75) is 13.0 Å². The quantitative estimate of drug-likeness (QED) is 0.870. The van der Waals surface area contributed by atoms with E-state index in [1.807, 2.05) is 13.0 Å². The zero-order valence-electron chi connectivity index (χ0n) is 11.2. The molecule has 21 heavy (non-hydrogen) atoms. The van der Waals surface area contributed by atoms with Crippen LogP contribution in [0, 0.1) is 6.92 Å². The predicted octanol–water partition coefficient (Wildman–Crippen LogP) is 2.40. The van der Waals surface area contributed by atoms with Gasteiger partial charge in [0.2, 0.25) is 0 Å². The Labute approximate surface area is 135 Å². The molecule has 1 aliphatic heterocycles.